The lowest BCUT2D eigenvalue weighted by molar-refractivity contribution is 0.0946. The van der Waals surface area contributed by atoms with Gasteiger partial charge < -0.3 is 10.3 Å². The number of amides is 1. The molecule has 2 N–H and O–H groups in total. The van der Waals surface area contributed by atoms with E-state index < -0.39 is 15.9 Å². The number of hydrogen-bond acceptors (Lipinski definition) is 4. The molecule has 0 saturated heterocycles. The fourth-order valence-corrected chi connectivity index (χ4v) is 1.67. The van der Waals surface area contributed by atoms with Crippen molar-refractivity contribution in [3.63, 3.8) is 0 Å². The first kappa shape index (κ1) is 12.7. The van der Waals surface area contributed by atoms with E-state index in [1.54, 1.807) is 0 Å². The molecule has 0 radical (unpaired) electrons. The number of nitrogens with one attached hydrogen (secondary N) is 2. The predicted octanol–water partition coefficient (Wildman–Crippen LogP) is -0.969. The lowest BCUT2D eigenvalue weighted by atomic mass is 10.5. The summed E-state index contributed by atoms with van der Waals surface area (Å²) >= 11 is 0. The minimum Gasteiger partial charge on any atom is -0.348 e. The first-order chi connectivity index (χ1) is 7.43. The average Bonchev–Trinajstić information content (AvgIpc) is 2.69. The summed E-state index contributed by atoms with van der Waals surface area (Å²) in [5, 5.41) is 2.46. The molecule has 1 rings (SSSR count). The van der Waals surface area contributed by atoms with E-state index in [-0.39, 0.29) is 18.1 Å². The number of nitrogens with zero attached hydrogens (tertiary/aromatic N) is 2. The molecule has 0 unspecified atom stereocenters. The highest BCUT2D eigenvalue weighted by atomic mass is 32.2. The van der Waals surface area contributed by atoms with Gasteiger partial charge in [0.1, 0.15) is 0 Å². The van der Waals surface area contributed by atoms with Gasteiger partial charge in [-0.3, -0.25) is 4.79 Å². The van der Waals surface area contributed by atoms with Crippen LogP contribution in [0, 0.1) is 0 Å². The highest BCUT2D eigenvalue weighted by Crippen LogP contribution is 1.93. The Morgan fingerprint density at radius 1 is 1.56 bits per heavy atom. The lowest BCUT2D eigenvalue weighted by Gasteiger charge is -2.10. The van der Waals surface area contributed by atoms with Crippen molar-refractivity contribution in [2.75, 3.05) is 26.4 Å². The van der Waals surface area contributed by atoms with E-state index in [1.165, 1.54) is 26.5 Å². The van der Waals surface area contributed by atoms with Crippen molar-refractivity contribution in [1.82, 2.24) is 19.6 Å². The standard InChI is InChI=1S/C8H14N4O3S/c1-12(2)16(14,15)6-5-11-8(13)7-9-3-4-10-7/h3-4H,5-6H2,1-2H3,(H,9,10)(H,11,13). The molecule has 16 heavy (non-hydrogen) atoms. The SMILES string of the molecule is CN(C)S(=O)(=O)CCNC(=O)c1ncc[nH]1. The van der Waals surface area contributed by atoms with Crippen molar-refractivity contribution in [2.45, 2.75) is 0 Å². The molecule has 1 amide bonds. The number of carbonyl (C=O) groups is 1. The van der Waals surface area contributed by atoms with Crippen molar-refractivity contribution in [3.05, 3.63) is 18.2 Å². The van der Waals surface area contributed by atoms with Crippen molar-refractivity contribution in [2.24, 2.45) is 0 Å². The zero-order chi connectivity index (χ0) is 12.2. The molecule has 1 aromatic rings. The van der Waals surface area contributed by atoms with Crippen LogP contribution in [0.15, 0.2) is 12.4 Å². The molecule has 0 aromatic carbocycles. The van der Waals surface area contributed by atoms with Gasteiger partial charge in [0, 0.05) is 33.0 Å². The fraction of sp³-hybridized carbons (Fsp3) is 0.500. The Morgan fingerprint density at radius 3 is 2.75 bits per heavy atom. The lowest BCUT2D eigenvalue weighted by Crippen LogP contribution is -2.34. The van der Waals surface area contributed by atoms with Crippen LogP contribution in [0.3, 0.4) is 0 Å². The van der Waals surface area contributed by atoms with Gasteiger partial charge >= 0.3 is 0 Å². The summed E-state index contributed by atoms with van der Waals surface area (Å²) in [5.41, 5.74) is 0. The Kier molecular flexibility index (Phi) is 4.02. The summed E-state index contributed by atoms with van der Waals surface area (Å²) in [4.78, 5) is 17.7. The summed E-state index contributed by atoms with van der Waals surface area (Å²) in [6, 6.07) is 0. The summed E-state index contributed by atoms with van der Waals surface area (Å²) in [6.45, 7) is 0.0556. The predicted molar refractivity (Wildman–Crippen MR) is 58.4 cm³/mol. The Balaban J connectivity index is 2.40. The fourth-order valence-electron chi connectivity index (χ4n) is 0.949. The molecule has 0 bridgehead atoms. The van der Waals surface area contributed by atoms with Crippen LogP contribution < -0.4 is 5.32 Å². The first-order valence-electron chi connectivity index (χ1n) is 4.61. The second-order valence-electron chi connectivity index (χ2n) is 3.29. The van der Waals surface area contributed by atoms with Gasteiger partial charge in [0.2, 0.25) is 10.0 Å². The van der Waals surface area contributed by atoms with Crippen molar-refractivity contribution in [3.8, 4) is 0 Å². The van der Waals surface area contributed by atoms with Crippen LogP contribution in [0.5, 0.6) is 0 Å². The third kappa shape index (κ3) is 3.31. The minimum atomic E-state index is -3.27. The molecule has 0 saturated carbocycles. The minimum absolute atomic E-state index is 0.0556. The van der Waals surface area contributed by atoms with Gasteiger partial charge in [-0.05, 0) is 0 Å². The quantitative estimate of drug-likeness (QED) is 0.699. The Hall–Kier alpha value is -1.41. The normalized spacial score (nSPS) is 11.7. The van der Waals surface area contributed by atoms with Gasteiger partial charge in [0.25, 0.3) is 5.91 Å². The zero-order valence-electron chi connectivity index (χ0n) is 9.10. The maximum Gasteiger partial charge on any atom is 0.287 e. The van der Waals surface area contributed by atoms with Crippen LogP contribution in [0.2, 0.25) is 0 Å². The molecule has 1 aromatic heterocycles. The first-order valence-corrected chi connectivity index (χ1v) is 6.22. The molecule has 0 aliphatic heterocycles. The third-order valence-corrected chi connectivity index (χ3v) is 3.75. The number of carbonyl (C=O) groups excluding carboxylic acids is 1. The molecule has 0 spiro atoms. The number of aromatic amines is 1. The van der Waals surface area contributed by atoms with E-state index in [4.69, 9.17) is 0 Å². The van der Waals surface area contributed by atoms with Gasteiger partial charge in [0.15, 0.2) is 5.82 Å². The molecule has 0 atom stereocenters. The number of sulfonamides is 1. The van der Waals surface area contributed by atoms with E-state index in [0.717, 1.165) is 4.31 Å². The van der Waals surface area contributed by atoms with Crippen LogP contribution in [-0.4, -0.2) is 55.0 Å². The van der Waals surface area contributed by atoms with Crippen LogP contribution in [0.25, 0.3) is 0 Å². The monoisotopic (exact) mass is 246 g/mol. The number of imidazole rings is 1. The highest BCUT2D eigenvalue weighted by molar-refractivity contribution is 7.89. The number of rotatable bonds is 5. The van der Waals surface area contributed by atoms with Crippen molar-refractivity contribution >= 4 is 15.9 Å². The molecular weight excluding hydrogens is 232 g/mol. The van der Waals surface area contributed by atoms with E-state index in [0.29, 0.717) is 0 Å². The molecule has 1 heterocycles. The molecule has 7 nitrogen and oxygen atoms in total. The Labute approximate surface area is 93.9 Å². The molecule has 0 fully saturated rings. The van der Waals surface area contributed by atoms with Gasteiger partial charge in [0.05, 0.1) is 5.75 Å². The molecular formula is C8H14N4O3S. The van der Waals surface area contributed by atoms with E-state index in [2.05, 4.69) is 15.3 Å². The van der Waals surface area contributed by atoms with Crippen LogP contribution in [0.4, 0.5) is 0 Å². The number of H-pyrrole nitrogens is 1. The Bertz CT molecular complexity index is 438. The summed E-state index contributed by atoms with van der Waals surface area (Å²) in [5.74, 6) is -0.381. The number of hydrogen-bond donors (Lipinski definition) is 2. The van der Waals surface area contributed by atoms with Crippen molar-refractivity contribution in [1.29, 1.82) is 0 Å². The molecule has 90 valence electrons. The molecule has 0 aliphatic rings. The zero-order valence-corrected chi connectivity index (χ0v) is 9.91. The maximum atomic E-state index is 11.3. The second-order valence-corrected chi connectivity index (χ2v) is 5.59. The second kappa shape index (κ2) is 5.08. The van der Waals surface area contributed by atoms with Gasteiger partial charge in [-0.1, -0.05) is 0 Å². The molecule has 8 heteroatoms. The third-order valence-electron chi connectivity index (χ3n) is 1.92. The highest BCUT2D eigenvalue weighted by Gasteiger charge is 2.14. The smallest absolute Gasteiger partial charge is 0.287 e. The Morgan fingerprint density at radius 2 is 2.25 bits per heavy atom. The van der Waals surface area contributed by atoms with E-state index in [1.807, 2.05) is 0 Å². The van der Waals surface area contributed by atoms with Gasteiger partial charge in [-0.15, -0.1) is 0 Å². The van der Waals surface area contributed by atoms with Crippen LogP contribution >= 0.6 is 0 Å². The van der Waals surface area contributed by atoms with Crippen LogP contribution in [0.1, 0.15) is 10.6 Å². The maximum absolute atomic E-state index is 11.3. The summed E-state index contributed by atoms with van der Waals surface area (Å²) < 4.78 is 23.8. The average molecular weight is 246 g/mol. The number of aromatic nitrogens is 2. The van der Waals surface area contributed by atoms with Crippen LogP contribution in [-0.2, 0) is 10.0 Å². The molecule has 0 aliphatic carbocycles. The topological polar surface area (TPSA) is 95.2 Å². The summed E-state index contributed by atoms with van der Waals surface area (Å²) in [7, 11) is -0.378. The largest absolute Gasteiger partial charge is 0.348 e. The van der Waals surface area contributed by atoms with Gasteiger partial charge in [-0.25, -0.2) is 17.7 Å². The summed E-state index contributed by atoms with van der Waals surface area (Å²) in [6.07, 6.45) is 2.97. The van der Waals surface area contributed by atoms with E-state index in [9.17, 15) is 13.2 Å². The van der Waals surface area contributed by atoms with Gasteiger partial charge in [-0.2, -0.15) is 0 Å². The van der Waals surface area contributed by atoms with Crippen molar-refractivity contribution < 1.29 is 13.2 Å². The van der Waals surface area contributed by atoms with E-state index >= 15 is 0 Å².